The Morgan fingerprint density at radius 1 is 1.10 bits per heavy atom. The number of hydrogen-bond acceptors (Lipinski definition) is 3. The number of hydrogen-bond donors (Lipinski definition) is 2. The van der Waals surface area contributed by atoms with Crippen molar-refractivity contribution in [3.05, 3.63) is 65.5 Å². The highest BCUT2D eigenvalue weighted by Crippen LogP contribution is 2.08. The summed E-state index contributed by atoms with van der Waals surface area (Å²) >= 11 is 0. The summed E-state index contributed by atoms with van der Waals surface area (Å²) in [6.07, 6.45) is 4.07. The lowest BCUT2D eigenvalue weighted by Gasteiger charge is -2.07. The molecule has 0 radical (unpaired) electrons. The van der Waals surface area contributed by atoms with E-state index in [1.807, 2.05) is 12.1 Å². The van der Waals surface area contributed by atoms with E-state index < -0.39 is 5.97 Å². The molecule has 0 aliphatic carbocycles. The normalized spacial score (nSPS) is 10.0. The van der Waals surface area contributed by atoms with E-state index in [1.165, 1.54) is 12.1 Å². The van der Waals surface area contributed by atoms with Gasteiger partial charge in [0.15, 0.2) is 0 Å². The third kappa shape index (κ3) is 3.41. The second-order valence-electron chi connectivity index (χ2n) is 4.22. The molecule has 20 heavy (non-hydrogen) atoms. The number of aromatic nitrogens is 1. The van der Waals surface area contributed by atoms with Gasteiger partial charge in [-0.2, -0.15) is 0 Å². The topological polar surface area (TPSA) is 79.3 Å². The van der Waals surface area contributed by atoms with Gasteiger partial charge in [-0.25, -0.2) is 4.79 Å². The van der Waals surface area contributed by atoms with Gasteiger partial charge in [-0.15, -0.1) is 0 Å². The van der Waals surface area contributed by atoms with E-state index in [0.29, 0.717) is 13.0 Å². The molecule has 0 saturated carbocycles. The number of pyridine rings is 1. The lowest BCUT2D eigenvalue weighted by atomic mass is 10.1. The van der Waals surface area contributed by atoms with E-state index >= 15 is 0 Å². The van der Waals surface area contributed by atoms with E-state index in [0.717, 1.165) is 5.56 Å². The van der Waals surface area contributed by atoms with Gasteiger partial charge in [0.05, 0.1) is 11.1 Å². The first-order valence-corrected chi connectivity index (χ1v) is 6.18. The minimum absolute atomic E-state index is 0.00591. The summed E-state index contributed by atoms with van der Waals surface area (Å²) in [5.41, 5.74) is 1.19. The van der Waals surface area contributed by atoms with Crippen LogP contribution in [0, 0.1) is 0 Å². The van der Waals surface area contributed by atoms with Gasteiger partial charge in [0.2, 0.25) is 0 Å². The number of nitrogens with one attached hydrogen (secondary N) is 1. The lowest BCUT2D eigenvalue weighted by Crippen LogP contribution is -2.27. The van der Waals surface area contributed by atoms with Crippen molar-refractivity contribution in [2.75, 3.05) is 6.54 Å². The van der Waals surface area contributed by atoms with Crippen LogP contribution in [-0.4, -0.2) is 28.5 Å². The Morgan fingerprint density at radius 2 is 1.85 bits per heavy atom. The van der Waals surface area contributed by atoms with E-state index in [4.69, 9.17) is 5.11 Å². The quantitative estimate of drug-likeness (QED) is 0.867. The molecular formula is C15H14N2O3. The Labute approximate surface area is 116 Å². The highest BCUT2D eigenvalue weighted by atomic mass is 16.4. The summed E-state index contributed by atoms with van der Waals surface area (Å²) < 4.78 is 0. The summed E-state index contributed by atoms with van der Waals surface area (Å²) in [6, 6.07) is 9.90. The monoisotopic (exact) mass is 270 g/mol. The molecule has 2 rings (SSSR count). The van der Waals surface area contributed by atoms with Crippen molar-refractivity contribution in [3.8, 4) is 0 Å². The van der Waals surface area contributed by atoms with Crippen LogP contribution in [0.5, 0.6) is 0 Å². The fourth-order valence-corrected chi connectivity index (χ4v) is 1.83. The van der Waals surface area contributed by atoms with Crippen LogP contribution in [0.25, 0.3) is 0 Å². The molecule has 0 spiro atoms. The van der Waals surface area contributed by atoms with Crippen molar-refractivity contribution in [1.82, 2.24) is 10.3 Å². The van der Waals surface area contributed by atoms with E-state index in [9.17, 15) is 9.59 Å². The van der Waals surface area contributed by atoms with Gasteiger partial charge >= 0.3 is 5.97 Å². The summed E-state index contributed by atoms with van der Waals surface area (Å²) in [7, 11) is 0. The maximum Gasteiger partial charge on any atom is 0.336 e. The van der Waals surface area contributed by atoms with Gasteiger partial charge < -0.3 is 10.4 Å². The fraction of sp³-hybridized carbons (Fsp3) is 0.133. The van der Waals surface area contributed by atoms with Crippen LogP contribution < -0.4 is 5.32 Å². The Bertz CT molecular complexity index is 612. The molecular weight excluding hydrogens is 256 g/mol. The van der Waals surface area contributed by atoms with Gasteiger partial charge in [-0.05, 0) is 30.2 Å². The third-order valence-electron chi connectivity index (χ3n) is 2.82. The Morgan fingerprint density at radius 3 is 2.50 bits per heavy atom. The molecule has 0 saturated heterocycles. The first-order chi connectivity index (χ1) is 9.68. The van der Waals surface area contributed by atoms with Crippen molar-refractivity contribution < 1.29 is 14.7 Å². The number of aromatic carboxylic acids is 1. The summed E-state index contributed by atoms with van der Waals surface area (Å²) in [5.74, 6) is -1.49. The highest BCUT2D eigenvalue weighted by molar-refractivity contribution is 6.04. The van der Waals surface area contributed by atoms with Crippen molar-refractivity contribution in [2.24, 2.45) is 0 Å². The van der Waals surface area contributed by atoms with E-state index in [2.05, 4.69) is 10.3 Å². The average molecular weight is 270 g/mol. The van der Waals surface area contributed by atoms with Crippen LogP contribution in [0.4, 0.5) is 0 Å². The standard InChI is InChI=1S/C15H14N2O3/c18-14(12-5-1-2-6-13(12)15(19)20)17-9-7-11-4-3-8-16-10-11/h1-6,8,10H,7,9H2,(H,17,18)(H,19,20). The second kappa shape index (κ2) is 6.47. The fourth-order valence-electron chi connectivity index (χ4n) is 1.83. The Kier molecular flexibility index (Phi) is 4.44. The van der Waals surface area contributed by atoms with Crippen LogP contribution in [0.3, 0.4) is 0 Å². The Hall–Kier alpha value is -2.69. The van der Waals surface area contributed by atoms with Crippen LogP contribution in [0.15, 0.2) is 48.8 Å². The summed E-state index contributed by atoms with van der Waals surface area (Å²) in [4.78, 5) is 27.0. The zero-order valence-electron chi connectivity index (χ0n) is 10.7. The van der Waals surface area contributed by atoms with E-state index in [-0.39, 0.29) is 17.0 Å². The molecule has 1 aromatic heterocycles. The molecule has 0 fully saturated rings. The third-order valence-corrected chi connectivity index (χ3v) is 2.82. The molecule has 0 unspecified atom stereocenters. The van der Waals surface area contributed by atoms with Crippen LogP contribution in [-0.2, 0) is 6.42 Å². The minimum Gasteiger partial charge on any atom is -0.478 e. The zero-order chi connectivity index (χ0) is 14.4. The molecule has 2 aromatic rings. The van der Waals surface area contributed by atoms with Gasteiger partial charge in [-0.3, -0.25) is 9.78 Å². The highest BCUT2D eigenvalue weighted by Gasteiger charge is 2.14. The van der Waals surface area contributed by atoms with Crippen LogP contribution in [0.2, 0.25) is 0 Å². The van der Waals surface area contributed by atoms with Crippen molar-refractivity contribution in [1.29, 1.82) is 0 Å². The zero-order valence-corrected chi connectivity index (χ0v) is 10.7. The van der Waals surface area contributed by atoms with Gasteiger partial charge in [0, 0.05) is 18.9 Å². The molecule has 5 nitrogen and oxygen atoms in total. The molecule has 0 bridgehead atoms. The number of carboxylic acid groups (broad SMARTS) is 1. The smallest absolute Gasteiger partial charge is 0.336 e. The number of carbonyl (C=O) groups excluding carboxylic acids is 1. The molecule has 5 heteroatoms. The minimum atomic E-state index is -1.11. The average Bonchev–Trinajstić information content (AvgIpc) is 2.48. The number of carbonyl (C=O) groups is 2. The second-order valence-corrected chi connectivity index (χ2v) is 4.22. The number of carboxylic acids is 1. The summed E-state index contributed by atoms with van der Waals surface area (Å²) in [5, 5.41) is 11.7. The number of benzene rings is 1. The van der Waals surface area contributed by atoms with E-state index in [1.54, 1.807) is 24.5 Å². The van der Waals surface area contributed by atoms with Gasteiger partial charge in [-0.1, -0.05) is 18.2 Å². The first-order valence-electron chi connectivity index (χ1n) is 6.18. The van der Waals surface area contributed by atoms with Gasteiger partial charge in [0.1, 0.15) is 0 Å². The number of amides is 1. The SMILES string of the molecule is O=C(O)c1ccccc1C(=O)NCCc1cccnc1. The predicted octanol–water partition coefficient (Wildman–Crippen LogP) is 1.75. The molecule has 1 aromatic carbocycles. The van der Waals surface area contributed by atoms with Crippen molar-refractivity contribution in [2.45, 2.75) is 6.42 Å². The largest absolute Gasteiger partial charge is 0.478 e. The molecule has 1 heterocycles. The first kappa shape index (κ1) is 13.7. The lowest BCUT2D eigenvalue weighted by molar-refractivity contribution is 0.0691. The molecule has 2 N–H and O–H groups in total. The number of rotatable bonds is 5. The maximum absolute atomic E-state index is 12.0. The molecule has 0 atom stereocenters. The Balaban J connectivity index is 1.97. The molecule has 1 amide bonds. The molecule has 0 aliphatic rings. The number of nitrogens with zero attached hydrogens (tertiary/aromatic N) is 1. The summed E-state index contributed by atoms with van der Waals surface area (Å²) in [6.45, 7) is 0.429. The van der Waals surface area contributed by atoms with Crippen molar-refractivity contribution in [3.63, 3.8) is 0 Å². The predicted molar refractivity (Wildman–Crippen MR) is 73.7 cm³/mol. The maximum atomic E-state index is 12.0. The molecule has 102 valence electrons. The van der Waals surface area contributed by atoms with Crippen LogP contribution in [0.1, 0.15) is 26.3 Å². The van der Waals surface area contributed by atoms with Crippen molar-refractivity contribution >= 4 is 11.9 Å². The molecule has 0 aliphatic heterocycles. The van der Waals surface area contributed by atoms with Gasteiger partial charge in [0.25, 0.3) is 5.91 Å². The van der Waals surface area contributed by atoms with Crippen LogP contribution >= 0.6 is 0 Å².